The molecule has 1 aromatic heterocycles. The molecule has 0 saturated heterocycles. The summed E-state index contributed by atoms with van der Waals surface area (Å²) in [4.78, 5) is 17.2. The SMILES string of the molecule is Cc1nc(CC(=O)CSc2cccc(Br)c2)cs1. The molecule has 2 aromatic rings. The number of rotatable bonds is 5. The van der Waals surface area contributed by atoms with Gasteiger partial charge in [-0.05, 0) is 25.1 Å². The summed E-state index contributed by atoms with van der Waals surface area (Å²) in [5.41, 5.74) is 0.886. The Balaban J connectivity index is 1.85. The van der Waals surface area contributed by atoms with E-state index in [9.17, 15) is 4.79 Å². The maximum absolute atomic E-state index is 11.8. The second-order valence-electron chi connectivity index (χ2n) is 3.82. The average molecular weight is 342 g/mol. The molecule has 0 saturated carbocycles. The van der Waals surface area contributed by atoms with Gasteiger partial charge in [0.25, 0.3) is 0 Å². The first-order valence-corrected chi connectivity index (χ1v) is 8.10. The summed E-state index contributed by atoms with van der Waals surface area (Å²) in [6, 6.07) is 7.98. The van der Waals surface area contributed by atoms with E-state index in [1.165, 1.54) is 0 Å². The molecule has 0 aliphatic carbocycles. The summed E-state index contributed by atoms with van der Waals surface area (Å²) in [5, 5.41) is 2.97. The van der Waals surface area contributed by atoms with Crippen molar-refractivity contribution in [1.29, 1.82) is 0 Å². The van der Waals surface area contributed by atoms with Crippen molar-refractivity contribution in [2.24, 2.45) is 0 Å². The summed E-state index contributed by atoms with van der Waals surface area (Å²) < 4.78 is 1.04. The minimum atomic E-state index is 0.213. The molecule has 1 aromatic carbocycles. The van der Waals surface area contributed by atoms with Gasteiger partial charge in [0.05, 0.1) is 22.9 Å². The smallest absolute Gasteiger partial charge is 0.149 e. The van der Waals surface area contributed by atoms with Gasteiger partial charge in [0.2, 0.25) is 0 Å². The predicted molar refractivity (Wildman–Crippen MR) is 80.4 cm³/mol. The van der Waals surface area contributed by atoms with Crippen molar-refractivity contribution in [2.75, 3.05) is 5.75 Å². The number of hydrogen-bond acceptors (Lipinski definition) is 4. The molecule has 0 N–H and O–H groups in total. The van der Waals surface area contributed by atoms with E-state index in [0.29, 0.717) is 12.2 Å². The van der Waals surface area contributed by atoms with Crippen molar-refractivity contribution in [1.82, 2.24) is 4.98 Å². The Bertz CT molecular complexity index is 553. The zero-order valence-electron chi connectivity index (χ0n) is 9.85. The third-order valence-corrected chi connectivity index (χ3v) is 4.61. The summed E-state index contributed by atoms with van der Waals surface area (Å²) >= 11 is 6.57. The molecule has 0 amide bonds. The van der Waals surface area contributed by atoms with Crippen LogP contribution >= 0.6 is 39.0 Å². The molecule has 0 aliphatic heterocycles. The van der Waals surface area contributed by atoms with Gasteiger partial charge in [0.15, 0.2) is 0 Å². The fraction of sp³-hybridized carbons (Fsp3) is 0.231. The van der Waals surface area contributed by atoms with E-state index >= 15 is 0 Å². The highest BCUT2D eigenvalue weighted by molar-refractivity contribution is 9.10. The molecule has 1 heterocycles. The number of nitrogens with zero attached hydrogens (tertiary/aromatic N) is 1. The van der Waals surface area contributed by atoms with Gasteiger partial charge in [0.1, 0.15) is 5.78 Å². The summed E-state index contributed by atoms with van der Waals surface area (Å²) in [6.45, 7) is 1.95. The molecule has 0 fully saturated rings. The summed E-state index contributed by atoms with van der Waals surface area (Å²) in [7, 11) is 0. The highest BCUT2D eigenvalue weighted by Crippen LogP contribution is 2.22. The molecule has 94 valence electrons. The lowest BCUT2D eigenvalue weighted by atomic mass is 10.2. The van der Waals surface area contributed by atoms with Crippen LogP contribution in [-0.4, -0.2) is 16.5 Å². The quantitative estimate of drug-likeness (QED) is 0.766. The Labute approximate surface area is 123 Å². The monoisotopic (exact) mass is 341 g/mol. The fourth-order valence-corrected chi connectivity index (χ4v) is 3.44. The molecule has 0 aliphatic rings. The minimum absolute atomic E-state index is 0.213. The molecule has 0 spiro atoms. The van der Waals surface area contributed by atoms with E-state index in [2.05, 4.69) is 20.9 Å². The van der Waals surface area contributed by atoms with Gasteiger partial charge in [-0.3, -0.25) is 4.79 Å². The van der Waals surface area contributed by atoms with Crippen molar-refractivity contribution < 1.29 is 4.79 Å². The molecular weight excluding hydrogens is 330 g/mol. The van der Waals surface area contributed by atoms with E-state index in [-0.39, 0.29) is 5.78 Å². The Morgan fingerprint density at radius 3 is 3.00 bits per heavy atom. The summed E-state index contributed by atoms with van der Waals surface area (Å²) in [6.07, 6.45) is 0.436. The number of aryl methyl sites for hydroxylation is 1. The number of aromatic nitrogens is 1. The van der Waals surface area contributed by atoms with Crippen LogP contribution in [0.25, 0.3) is 0 Å². The zero-order chi connectivity index (χ0) is 13.0. The van der Waals surface area contributed by atoms with Crippen LogP contribution in [-0.2, 0) is 11.2 Å². The van der Waals surface area contributed by atoms with Crippen LogP contribution in [0.1, 0.15) is 10.7 Å². The van der Waals surface area contributed by atoms with Crippen LogP contribution in [0.5, 0.6) is 0 Å². The van der Waals surface area contributed by atoms with Crippen LogP contribution in [0.15, 0.2) is 39.0 Å². The third kappa shape index (κ3) is 4.23. The number of thioether (sulfide) groups is 1. The molecular formula is C13H12BrNOS2. The topological polar surface area (TPSA) is 30.0 Å². The molecule has 2 nitrogen and oxygen atoms in total. The first kappa shape index (κ1) is 13.8. The number of thiazole rings is 1. The number of Topliss-reactive ketones (excluding diaryl/α,β-unsaturated/α-hetero) is 1. The van der Waals surface area contributed by atoms with Gasteiger partial charge < -0.3 is 0 Å². The van der Waals surface area contributed by atoms with Crippen LogP contribution in [0.2, 0.25) is 0 Å². The van der Waals surface area contributed by atoms with Crippen molar-refractivity contribution >= 4 is 44.8 Å². The number of benzene rings is 1. The Morgan fingerprint density at radius 1 is 1.50 bits per heavy atom. The second-order valence-corrected chi connectivity index (χ2v) is 6.85. The molecule has 0 atom stereocenters. The molecule has 0 unspecified atom stereocenters. The molecule has 0 radical (unpaired) electrons. The lowest BCUT2D eigenvalue weighted by Gasteiger charge is -2.01. The molecule has 0 bridgehead atoms. The van der Waals surface area contributed by atoms with Crippen molar-refractivity contribution in [3.8, 4) is 0 Å². The van der Waals surface area contributed by atoms with Crippen molar-refractivity contribution in [2.45, 2.75) is 18.2 Å². The van der Waals surface area contributed by atoms with Crippen LogP contribution < -0.4 is 0 Å². The van der Waals surface area contributed by atoms with Crippen LogP contribution in [0.4, 0.5) is 0 Å². The van der Waals surface area contributed by atoms with Gasteiger partial charge in [-0.1, -0.05) is 22.0 Å². The Hall–Kier alpha value is -0.650. The van der Waals surface area contributed by atoms with Gasteiger partial charge in [-0.15, -0.1) is 23.1 Å². The van der Waals surface area contributed by atoms with Gasteiger partial charge >= 0.3 is 0 Å². The number of carbonyl (C=O) groups excluding carboxylic acids is 1. The minimum Gasteiger partial charge on any atom is -0.298 e. The first-order valence-electron chi connectivity index (χ1n) is 5.44. The maximum Gasteiger partial charge on any atom is 0.149 e. The number of hydrogen-bond donors (Lipinski definition) is 0. The largest absolute Gasteiger partial charge is 0.298 e. The molecule has 2 rings (SSSR count). The van der Waals surface area contributed by atoms with E-state index in [0.717, 1.165) is 20.1 Å². The van der Waals surface area contributed by atoms with Crippen molar-refractivity contribution in [3.05, 3.63) is 44.8 Å². The van der Waals surface area contributed by atoms with E-state index in [1.807, 2.05) is 36.6 Å². The molecule has 5 heteroatoms. The standard InChI is InChI=1S/C13H12BrNOS2/c1-9-15-11(7-17-9)6-12(16)8-18-13-4-2-3-10(14)5-13/h2-5,7H,6,8H2,1H3. The number of carbonyl (C=O) groups is 1. The van der Waals surface area contributed by atoms with Crippen molar-refractivity contribution in [3.63, 3.8) is 0 Å². The number of halogens is 1. The van der Waals surface area contributed by atoms with Crippen LogP contribution in [0, 0.1) is 6.92 Å². The lowest BCUT2D eigenvalue weighted by Crippen LogP contribution is -2.05. The second kappa shape index (κ2) is 6.50. The Morgan fingerprint density at radius 2 is 2.33 bits per heavy atom. The average Bonchev–Trinajstić information content (AvgIpc) is 2.72. The summed E-state index contributed by atoms with van der Waals surface area (Å²) in [5.74, 6) is 0.706. The van der Waals surface area contributed by atoms with Gasteiger partial charge in [-0.2, -0.15) is 0 Å². The highest BCUT2D eigenvalue weighted by atomic mass is 79.9. The number of ketones is 1. The normalized spacial score (nSPS) is 10.6. The molecule has 18 heavy (non-hydrogen) atoms. The van der Waals surface area contributed by atoms with E-state index < -0.39 is 0 Å². The van der Waals surface area contributed by atoms with E-state index in [4.69, 9.17) is 0 Å². The predicted octanol–water partition coefficient (Wildman–Crippen LogP) is 4.12. The highest BCUT2D eigenvalue weighted by Gasteiger charge is 2.07. The van der Waals surface area contributed by atoms with Gasteiger partial charge in [-0.25, -0.2) is 4.98 Å². The zero-order valence-corrected chi connectivity index (χ0v) is 13.1. The van der Waals surface area contributed by atoms with E-state index in [1.54, 1.807) is 23.1 Å². The first-order chi connectivity index (χ1) is 8.63. The van der Waals surface area contributed by atoms with Crippen LogP contribution in [0.3, 0.4) is 0 Å². The Kier molecular flexibility index (Phi) is 4.97. The van der Waals surface area contributed by atoms with Gasteiger partial charge in [0, 0.05) is 14.7 Å². The lowest BCUT2D eigenvalue weighted by molar-refractivity contribution is -0.116. The maximum atomic E-state index is 11.8. The third-order valence-electron chi connectivity index (χ3n) is 2.24. The fourth-order valence-electron chi connectivity index (χ4n) is 1.46.